The van der Waals surface area contributed by atoms with Crippen molar-refractivity contribution in [3.8, 4) is 11.5 Å². The molecule has 1 aromatic rings. The summed E-state index contributed by atoms with van der Waals surface area (Å²) in [5.41, 5.74) is 0. The molecule has 0 aromatic heterocycles. The Morgan fingerprint density at radius 3 is 2.61 bits per heavy atom. The molecule has 1 aromatic carbocycles. The van der Waals surface area contributed by atoms with Crippen molar-refractivity contribution in [2.24, 2.45) is 5.92 Å². The van der Waals surface area contributed by atoms with Gasteiger partial charge in [0.05, 0.1) is 13.7 Å². The van der Waals surface area contributed by atoms with Crippen molar-refractivity contribution in [2.45, 2.75) is 19.3 Å². The van der Waals surface area contributed by atoms with Crippen LogP contribution in [0.25, 0.3) is 0 Å². The van der Waals surface area contributed by atoms with Crippen molar-refractivity contribution < 1.29 is 14.3 Å². The lowest BCUT2D eigenvalue weighted by molar-refractivity contribution is -0.130. The second-order valence-corrected chi connectivity index (χ2v) is 5.74. The average molecular weight is 343 g/mol. The van der Waals surface area contributed by atoms with Crippen molar-refractivity contribution in [3.05, 3.63) is 24.3 Å². The van der Waals surface area contributed by atoms with Crippen molar-refractivity contribution in [1.82, 2.24) is 10.2 Å². The van der Waals surface area contributed by atoms with E-state index < -0.39 is 0 Å². The first-order valence-electron chi connectivity index (χ1n) is 7.90. The van der Waals surface area contributed by atoms with Crippen LogP contribution in [0.4, 0.5) is 0 Å². The Bertz CT molecular complexity index is 461. The molecule has 23 heavy (non-hydrogen) atoms. The third-order valence-electron chi connectivity index (χ3n) is 4.11. The largest absolute Gasteiger partial charge is 0.497 e. The lowest BCUT2D eigenvalue weighted by Crippen LogP contribution is -2.31. The van der Waals surface area contributed by atoms with E-state index in [1.807, 2.05) is 31.3 Å². The first kappa shape index (κ1) is 19.6. The second kappa shape index (κ2) is 10.3. The van der Waals surface area contributed by atoms with E-state index >= 15 is 0 Å². The van der Waals surface area contributed by atoms with Crippen LogP contribution in [0.5, 0.6) is 11.5 Å². The number of benzene rings is 1. The van der Waals surface area contributed by atoms with E-state index in [0.29, 0.717) is 25.5 Å². The summed E-state index contributed by atoms with van der Waals surface area (Å²) in [7, 11) is 3.48. The van der Waals surface area contributed by atoms with E-state index in [-0.39, 0.29) is 18.3 Å². The molecule has 1 atom stereocenters. The predicted molar refractivity (Wildman–Crippen MR) is 93.6 cm³/mol. The van der Waals surface area contributed by atoms with Gasteiger partial charge >= 0.3 is 0 Å². The number of carbonyl (C=O) groups excluding carboxylic acids is 1. The standard InChI is InChI=1S/C17H26N2O3.ClH/c1-19(17(20)8-3-14-9-10-18-13-14)11-12-22-16-6-4-15(21-2)5-7-16;/h4-7,14,18H,3,8-13H2,1-2H3;1H. The zero-order valence-electron chi connectivity index (χ0n) is 13.9. The summed E-state index contributed by atoms with van der Waals surface area (Å²) in [5.74, 6) is 2.46. The monoisotopic (exact) mass is 342 g/mol. The van der Waals surface area contributed by atoms with Crippen LogP contribution < -0.4 is 14.8 Å². The van der Waals surface area contributed by atoms with Crippen LogP contribution in [0.3, 0.4) is 0 Å². The fourth-order valence-electron chi connectivity index (χ4n) is 2.58. The van der Waals surface area contributed by atoms with Gasteiger partial charge in [0, 0.05) is 13.5 Å². The topological polar surface area (TPSA) is 50.8 Å². The molecule has 130 valence electrons. The van der Waals surface area contributed by atoms with Crippen LogP contribution in [0.2, 0.25) is 0 Å². The van der Waals surface area contributed by atoms with Gasteiger partial charge in [0.2, 0.25) is 5.91 Å². The van der Waals surface area contributed by atoms with Gasteiger partial charge in [-0.05, 0) is 56.1 Å². The quantitative estimate of drug-likeness (QED) is 0.788. The Morgan fingerprint density at radius 2 is 2.00 bits per heavy atom. The number of nitrogens with zero attached hydrogens (tertiary/aromatic N) is 1. The Balaban J connectivity index is 0.00000264. The maximum atomic E-state index is 12.1. The number of likely N-dealkylation sites (N-methyl/N-ethyl adjacent to an activating group) is 1. The highest BCUT2D eigenvalue weighted by Gasteiger charge is 2.17. The molecule has 0 radical (unpaired) electrons. The second-order valence-electron chi connectivity index (χ2n) is 5.74. The van der Waals surface area contributed by atoms with Gasteiger partial charge in [-0.15, -0.1) is 12.4 Å². The van der Waals surface area contributed by atoms with Gasteiger partial charge in [0.25, 0.3) is 0 Å². The zero-order chi connectivity index (χ0) is 15.8. The van der Waals surface area contributed by atoms with Crippen LogP contribution in [0, 0.1) is 5.92 Å². The van der Waals surface area contributed by atoms with E-state index in [4.69, 9.17) is 9.47 Å². The van der Waals surface area contributed by atoms with Crippen LogP contribution in [-0.2, 0) is 4.79 Å². The van der Waals surface area contributed by atoms with Crippen LogP contribution in [0.15, 0.2) is 24.3 Å². The van der Waals surface area contributed by atoms with Gasteiger partial charge in [0.15, 0.2) is 0 Å². The summed E-state index contributed by atoms with van der Waals surface area (Å²) < 4.78 is 10.7. The molecule has 0 aliphatic carbocycles. The van der Waals surface area contributed by atoms with E-state index in [1.54, 1.807) is 12.0 Å². The summed E-state index contributed by atoms with van der Waals surface area (Å²) in [6, 6.07) is 7.46. The minimum absolute atomic E-state index is 0. The van der Waals surface area contributed by atoms with Crippen molar-refractivity contribution in [2.75, 3.05) is 40.4 Å². The highest BCUT2D eigenvalue weighted by Crippen LogP contribution is 2.17. The van der Waals surface area contributed by atoms with Crippen LogP contribution >= 0.6 is 12.4 Å². The number of rotatable bonds is 8. The van der Waals surface area contributed by atoms with Gasteiger partial charge in [-0.25, -0.2) is 0 Å². The molecule has 5 nitrogen and oxygen atoms in total. The maximum absolute atomic E-state index is 12.1. The lowest BCUT2D eigenvalue weighted by atomic mass is 10.0. The molecule has 1 heterocycles. The highest BCUT2D eigenvalue weighted by molar-refractivity contribution is 5.85. The number of hydrogen-bond donors (Lipinski definition) is 1. The molecule has 0 spiro atoms. The summed E-state index contributed by atoms with van der Waals surface area (Å²) in [4.78, 5) is 13.8. The van der Waals surface area contributed by atoms with Gasteiger partial charge < -0.3 is 19.7 Å². The smallest absolute Gasteiger partial charge is 0.222 e. The molecule has 1 saturated heterocycles. The Kier molecular flexibility index (Phi) is 8.81. The van der Waals surface area contributed by atoms with E-state index in [1.165, 1.54) is 6.42 Å². The predicted octanol–water partition coefficient (Wildman–Crippen LogP) is 2.34. The average Bonchev–Trinajstić information content (AvgIpc) is 3.06. The van der Waals surface area contributed by atoms with Gasteiger partial charge in [-0.2, -0.15) is 0 Å². The molecule has 2 rings (SSSR count). The third kappa shape index (κ3) is 6.67. The number of ether oxygens (including phenoxy) is 2. The van der Waals surface area contributed by atoms with E-state index in [2.05, 4.69) is 5.32 Å². The SMILES string of the molecule is COc1ccc(OCCN(C)C(=O)CCC2CCNC2)cc1.Cl. The third-order valence-corrected chi connectivity index (χ3v) is 4.11. The number of amides is 1. The maximum Gasteiger partial charge on any atom is 0.222 e. The lowest BCUT2D eigenvalue weighted by Gasteiger charge is -2.18. The molecule has 0 saturated carbocycles. The number of hydrogen-bond acceptors (Lipinski definition) is 4. The number of methoxy groups -OCH3 is 1. The molecule has 1 N–H and O–H groups in total. The summed E-state index contributed by atoms with van der Waals surface area (Å²) in [5, 5.41) is 3.33. The molecular formula is C17H27ClN2O3. The van der Waals surface area contributed by atoms with Crippen LogP contribution in [-0.4, -0.2) is 51.2 Å². The number of carbonyl (C=O) groups is 1. The zero-order valence-corrected chi connectivity index (χ0v) is 14.7. The van der Waals surface area contributed by atoms with Gasteiger partial charge in [0.1, 0.15) is 18.1 Å². The molecule has 1 unspecified atom stereocenters. The number of nitrogens with one attached hydrogen (secondary N) is 1. The molecule has 6 heteroatoms. The Labute approximate surface area is 144 Å². The number of halogens is 1. The first-order chi connectivity index (χ1) is 10.7. The summed E-state index contributed by atoms with van der Waals surface area (Å²) in [6.07, 6.45) is 2.80. The fraction of sp³-hybridized carbons (Fsp3) is 0.588. The fourth-order valence-corrected chi connectivity index (χ4v) is 2.58. The van der Waals surface area contributed by atoms with E-state index in [0.717, 1.165) is 31.0 Å². The van der Waals surface area contributed by atoms with Crippen molar-refractivity contribution >= 4 is 18.3 Å². The summed E-state index contributed by atoms with van der Waals surface area (Å²) in [6.45, 7) is 3.25. The van der Waals surface area contributed by atoms with Crippen LogP contribution in [0.1, 0.15) is 19.3 Å². The molecule has 1 amide bonds. The first-order valence-corrected chi connectivity index (χ1v) is 7.90. The summed E-state index contributed by atoms with van der Waals surface area (Å²) >= 11 is 0. The minimum Gasteiger partial charge on any atom is -0.497 e. The minimum atomic E-state index is 0. The Morgan fingerprint density at radius 1 is 1.30 bits per heavy atom. The Hall–Kier alpha value is -1.46. The van der Waals surface area contributed by atoms with Crippen molar-refractivity contribution in [3.63, 3.8) is 0 Å². The van der Waals surface area contributed by atoms with E-state index in [9.17, 15) is 4.79 Å². The highest BCUT2D eigenvalue weighted by atomic mass is 35.5. The van der Waals surface area contributed by atoms with Gasteiger partial charge in [-0.1, -0.05) is 0 Å². The molecular weight excluding hydrogens is 316 g/mol. The molecule has 1 aliphatic rings. The van der Waals surface area contributed by atoms with Crippen molar-refractivity contribution in [1.29, 1.82) is 0 Å². The molecule has 1 aliphatic heterocycles. The molecule has 1 fully saturated rings. The van der Waals surface area contributed by atoms with Gasteiger partial charge in [-0.3, -0.25) is 4.79 Å². The normalized spacial score (nSPS) is 16.5. The molecule has 0 bridgehead atoms.